The molecule has 0 N–H and O–H groups in total. The molecule has 1 aromatic heterocycles. The second-order valence-corrected chi connectivity index (χ2v) is 4.98. The number of rotatable bonds is 2. The number of hydrogen-bond acceptors (Lipinski definition) is 0. The van der Waals surface area contributed by atoms with Crippen molar-refractivity contribution < 1.29 is 0 Å². The van der Waals surface area contributed by atoms with Gasteiger partial charge in [-0.05, 0) is 39.0 Å². The van der Waals surface area contributed by atoms with Crippen LogP contribution in [-0.2, 0) is 0 Å². The van der Waals surface area contributed by atoms with Gasteiger partial charge in [-0.2, -0.15) is 0 Å². The standard InChI is InChI=1S/C16H12BrN/c17-15(13-6-2-1-3-7-13)12-18-11-10-14-8-4-5-9-16(14)18/h1-12H. The third kappa shape index (κ3) is 2.12. The van der Waals surface area contributed by atoms with Gasteiger partial charge in [0.15, 0.2) is 0 Å². The van der Waals surface area contributed by atoms with Gasteiger partial charge in [0.1, 0.15) is 0 Å². The van der Waals surface area contributed by atoms with Crippen molar-refractivity contribution in [2.45, 2.75) is 0 Å². The molecule has 2 aromatic carbocycles. The first-order chi connectivity index (χ1) is 8.84. The lowest BCUT2D eigenvalue weighted by atomic mass is 10.2. The lowest BCUT2D eigenvalue weighted by Gasteiger charge is -2.02. The van der Waals surface area contributed by atoms with E-state index in [1.54, 1.807) is 0 Å². The highest BCUT2D eigenvalue weighted by molar-refractivity contribution is 9.15. The maximum Gasteiger partial charge on any atom is 0.0522 e. The summed E-state index contributed by atoms with van der Waals surface area (Å²) in [6.45, 7) is 0. The molecule has 1 nitrogen and oxygen atoms in total. The Morgan fingerprint density at radius 1 is 0.889 bits per heavy atom. The van der Waals surface area contributed by atoms with Crippen molar-refractivity contribution in [3.8, 4) is 0 Å². The lowest BCUT2D eigenvalue weighted by molar-refractivity contribution is 1.23. The van der Waals surface area contributed by atoms with Crippen molar-refractivity contribution in [1.82, 2.24) is 4.57 Å². The molecule has 0 aliphatic carbocycles. The summed E-state index contributed by atoms with van der Waals surface area (Å²) in [4.78, 5) is 0. The van der Waals surface area contributed by atoms with E-state index >= 15 is 0 Å². The number of hydrogen-bond donors (Lipinski definition) is 0. The van der Waals surface area contributed by atoms with Gasteiger partial charge in [0, 0.05) is 16.9 Å². The molecule has 0 spiro atoms. The van der Waals surface area contributed by atoms with Gasteiger partial charge < -0.3 is 4.57 Å². The molecule has 3 aromatic rings. The zero-order chi connectivity index (χ0) is 12.4. The fourth-order valence-electron chi connectivity index (χ4n) is 2.01. The van der Waals surface area contributed by atoms with Crippen LogP contribution in [0.15, 0.2) is 66.9 Å². The first-order valence-corrected chi connectivity index (χ1v) is 6.62. The summed E-state index contributed by atoms with van der Waals surface area (Å²) >= 11 is 3.63. The fraction of sp³-hybridized carbons (Fsp3) is 0. The van der Waals surface area contributed by atoms with Gasteiger partial charge in [-0.1, -0.05) is 48.5 Å². The minimum Gasteiger partial charge on any atom is -0.322 e. The van der Waals surface area contributed by atoms with E-state index in [1.807, 2.05) is 18.2 Å². The number of benzene rings is 2. The molecule has 0 saturated heterocycles. The highest BCUT2D eigenvalue weighted by Gasteiger charge is 2.00. The molecule has 1 heterocycles. The smallest absolute Gasteiger partial charge is 0.0522 e. The van der Waals surface area contributed by atoms with Crippen molar-refractivity contribution in [3.63, 3.8) is 0 Å². The third-order valence-corrected chi connectivity index (χ3v) is 3.59. The van der Waals surface area contributed by atoms with Crippen LogP contribution in [0, 0.1) is 0 Å². The van der Waals surface area contributed by atoms with Gasteiger partial charge in [0.05, 0.1) is 5.52 Å². The predicted molar refractivity (Wildman–Crippen MR) is 81.5 cm³/mol. The molecular formula is C16H12BrN. The Labute approximate surface area is 114 Å². The van der Waals surface area contributed by atoms with Crippen molar-refractivity contribution in [2.24, 2.45) is 0 Å². The lowest BCUT2D eigenvalue weighted by Crippen LogP contribution is -1.84. The molecule has 0 fully saturated rings. The summed E-state index contributed by atoms with van der Waals surface area (Å²) in [6.07, 6.45) is 4.17. The highest BCUT2D eigenvalue weighted by Crippen LogP contribution is 2.24. The Morgan fingerprint density at radius 2 is 1.61 bits per heavy atom. The SMILES string of the molecule is BrC(=Cn1ccc2ccccc21)c1ccccc1. The molecule has 0 aliphatic rings. The second-order valence-electron chi connectivity index (χ2n) is 4.12. The van der Waals surface area contributed by atoms with E-state index in [-0.39, 0.29) is 0 Å². The molecule has 2 heteroatoms. The summed E-state index contributed by atoms with van der Waals surface area (Å²) in [5.41, 5.74) is 2.39. The van der Waals surface area contributed by atoms with E-state index in [0.29, 0.717) is 0 Å². The van der Waals surface area contributed by atoms with Crippen molar-refractivity contribution in [1.29, 1.82) is 0 Å². The minimum atomic E-state index is 1.07. The van der Waals surface area contributed by atoms with E-state index in [9.17, 15) is 0 Å². The number of fused-ring (bicyclic) bond motifs is 1. The first kappa shape index (κ1) is 11.3. The van der Waals surface area contributed by atoms with Crippen LogP contribution in [0.1, 0.15) is 5.56 Å². The normalized spacial score (nSPS) is 11.9. The summed E-state index contributed by atoms with van der Waals surface area (Å²) in [5.74, 6) is 0. The number of para-hydroxylation sites is 1. The average Bonchev–Trinajstić information content (AvgIpc) is 2.83. The Bertz CT molecular complexity index is 695. The average molecular weight is 298 g/mol. The highest BCUT2D eigenvalue weighted by atomic mass is 79.9. The van der Waals surface area contributed by atoms with Crippen LogP contribution in [0.3, 0.4) is 0 Å². The summed E-state index contributed by atoms with van der Waals surface area (Å²) in [5, 5.41) is 1.25. The second kappa shape index (κ2) is 4.83. The fourth-order valence-corrected chi connectivity index (χ4v) is 2.50. The summed E-state index contributed by atoms with van der Waals surface area (Å²) in [6, 6.07) is 20.8. The van der Waals surface area contributed by atoms with Crippen LogP contribution in [0.25, 0.3) is 21.6 Å². The van der Waals surface area contributed by atoms with E-state index in [4.69, 9.17) is 0 Å². The number of nitrogens with zero attached hydrogens (tertiary/aromatic N) is 1. The molecule has 0 unspecified atom stereocenters. The van der Waals surface area contributed by atoms with Gasteiger partial charge in [-0.25, -0.2) is 0 Å². The van der Waals surface area contributed by atoms with Crippen LogP contribution in [0.2, 0.25) is 0 Å². The van der Waals surface area contributed by atoms with Crippen LogP contribution in [0.5, 0.6) is 0 Å². The van der Waals surface area contributed by atoms with Gasteiger partial charge in [-0.3, -0.25) is 0 Å². The molecule has 3 rings (SSSR count). The molecule has 0 amide bonds. The Balaban J connectivity index is 2.06. The van der Waals surface area contributed by atoms with E-state index in [1.165, 1.54) is 16.5 Å². The maximum atomic E-state index is 3.63. The summed E-state index contributed by atoms with van der Waals surface area (Å²) in [7, 11) is 0. The van der Waals surface area contributed by atoms with Crippen molar-refractivity contribution in [2.75, 3.05) is 0 Å². The largest absolute Gasteiger partial charge is 0.322 e. The Morgan fingerprint density at radius 3 is 2.44 bits per heavy atom. The quantitative estimate of drug-likeness (QED) is 0.628. The van der Waals surface area contributed by atoms with Crippen molar-refractivity contribution >= 4 is 37.5 Å². The van der Waals surface area contributed by atoms with Gasteiger partial charge in [0.25, 0.3) is 0 Å². The van der Waals surface area contributed by atoms with E-state index in [2.05, 4.69) is 75.4 Å². The Kier molecular flexibility index (Phi) is 3.03. The molecule has 0 aliphatic heterocycles. The zero-order valence-electron chi connectivity index (χ0n) is 9.75. The number of halogens is 1. The maximum absolute atomic E-state index is 3.63. The molecule has 0 radical (unpaired) electrons. The number of aromatic nitrogens is 1. The molecular weight excluding hydrogens is 286 g/mol. The third-order valence-electron chi connectivity index (χ3n) is 2.93. The molecule has 0 saturated carbocycles. The van der Waals surface area contributed by atoms with Crippen LogP contribution >= 0.6 is 15.9 Å². The van der Waals surface area contributed by atoms with Gasteiger partial charge in [0.2, 0.25) is 0 Å². The van der Waals surface area contributed by atoms with Crippen LogP contribution in [-0.4, -0.2) is 4.57 Å². The van der Waals surface area contributed by atoms with Crippen LogP contribution in [0.4, 0.5) is 0 Å². The minimum absolute atomic E-state index is 1.07. The van der Waals surface area contributed by atoms with Gasteiger partial charge >= 0.3 is 0 Å². The predicted octanol–water partition coefficient (Wildman–Crippen LogP) is 4.99. The Hall–Kier alpha value is -1.80. The summed E-state index contributed by atoms with van der Waals surface area (Å²) < 4.78 is 3.20. The molecule has 88 valence electrons. The van der Waals surface area contributed by atoms with E-state index in [0.717, 1.165) is 4.48 Å². The molecule has 0 atom stereocenters. The van der Waals surface area contributed by atoms with Crippen LogP contribution < -0.4 is 0 Å². The zero-order valence-corrected chi connectivity index (χ0v) is 11.3. The monoisotopic (exact) mass is 297 g/mol. The van der Waals surface area contributed by atoms with Crippen molar-refractivity contribution in [3.05, 3.63) is 72.4 Å². The first-order valence-electron chi connectivity index (χ1n) is 5.83. The van der Waals surface area contributed by atoms with E-state index < -0.39 is 0 Å². The molecule has 0 bridgehead atoms. The molecule has 18 heavy (non-hydrogen) atoms. The topological polar surface area (TPSA) is 4.93 Å². The van der Waals surface area contributed by atoms with Gasteiger partial charge in [-0.15, -0.1) is 0 Å².